The number of hydrogen-bond donors (Lipinski definition) is 2. The van der Waals surface area contributed by atoms with Crippen LogP contribution in [0.5, 0.6) is 11.5 Å². The number of hydrogen-bond acceptors (Lipinski definition) is 10. The molecular weight excluding hydrogens is 602 g/mol. The van der Waals surface area contributed by atoms with E-state index in [0.717, 1.165) is 22.5 Å². The average molecular weight is 632 g/mol. The highest BCUT2D eigenvalue weighted by molar-refractivity contribution is 7.17. The zero-order valence-electron chi connectivity index (χ0n) is 24.4. The standard InChI is InChI=1S/C31H30ClN7O4S/c1-5-25(40)38-11-12-39-19(15-38)16-43-27-18(3)20(13-33-29(27)39)22-9-10-23(42-4)28(35-22)37-31-34-14-24(44-31)30(41)36-26-17(2)7-6-8-21(26)32/h5-10,13-14,19H,1,11-12,15-16H2,2-4H3,(H,36,41)(H,34,35,37)/t19-/m1/s1. The maximum absolute atomic E-state index is 12.9. The third-order valence-electron chi connectivity index (χ3n) is 7.69. The number of para-hydroxylation sites is 1. The van der Waals surface area contributed by atoms with Crippen molar-refractivity contribution in [1.29, 1.82) is 0 Å². The first kappa shape index (κ1) is 29.4. The van der Waals surface area contributed by atoms with Crippen molar-refractivity contribution < 1.29 is 19.1 Å². The minimum Gasteiger partial charge on any atom is -0.493 e. The number of anilines is 4. The van der Waals surface area contributed by atoms with Crippen LogP contribution in [0.4, 0.5) is 22.5 Å². The Labute approximate surface area is 263 Å². The molecule has 0 bridgehead atoms. The molecule has 1 aromatic carbocycles. The van der Waals surface area contributed by atoms with Crippen LogP contribution in [-0.2, 0) is 4.79 Å². The zero-order chi connectivity index (χ0) is 31.0. The van der Waals surface area contributed by atoms with Crippen molar-refractivity contribution in [1.82, 2.24) is 19.9 Å². The van der Waals surface area contributed by atoms with E-state index in [1.165, 1.54) is 23.6 Å². The van der Waals surface area contributed by atoms with Gasteiger partial charge < -0.3 is 29.9 Å². The van der Waals surface area contributed by atoms with E-state index in [1.807, 2.05) is 38.1 Å². The molecule has 2 N–H and O–H groups in total. The molecule has 4 aromatic rings. The Morgan fingerprint density at radius 3 is 2.80 bits per heavy atom. The molecule has 5 heterocycles. The lowest BCUT2D eigenvalue weighted by atomic mass is 10.0. The first-order valence-electron chi connectivity index (χ1n) is 13.9. The summed E-state index contributed by atoms with van der Waals surface area (Å²) >= 11 is 7.46. The van der Waals surface area contributed by atoms with Gasteiger partial charge in [0.2, 0.25) is 5.91 Å². The normalized spacial score (nSPS) is 15.5. The second-order valence-electron chi connectivity index (χ2n) is 10.4. The molecule has 0 aliphatic carbocycles. The summed E-state index contributed by atoms with van der Waals surface area (Å²) in [4.78, 5) is 43.5. The molecule has 0 unspecified atom stereocenters. The molecular formula is C31H30ClN7O4S. The Balaban J connectivity index is 1.22. The van der Waals surface area contributed by atoms with Crippen LogP contribution in [0.3, 0.4) is 0 Å². The molecule has 1 atom stereocenters. The highest BCUT2D eigenvalue weighted by atomic mass is 35.5. The van der Waals surface area contributed by atoms with Gasteiger partial charge in [0.25, 0.3) is 5.91 Å². The van der Waals surface area contributed by atoms with Gasteiger partial charge in [-0.25, -0.2) is 15.0 Å². The Hall–Kier alpha value is -4.68. The van der Waals surface area contributed by atoms with Gasteiger partial charge in [0.15, 0.2) is 28.3 Å². The minimum atomic E-state index is -0.313. The van der Waals surface area contributed by atoms with Gasteiger partial charge in [-0.3, -0.25) is 9.59 Å². The Morgan fingerprint density at radius 2 is 2.02 bits per heavy atom. The second kappa shape index (κ2) is 12.1. The molecule has 2 aliphatic heterocycles. The van der Waals surface area contributed by atoms with Gasteiger partial charge in [0.05, 0.1) is 35.8 Å². The van der Waals surface area contributed by atoms with Crippen LogP contribution in [0.1, 0.15) is 20.8 Å². The molecule has 0 radical (unpaired) electrons. The summed E-state index contributed by atoms with van der Waals surface area (Å²) in [5.74, 6) is 2.03. The molecule has 2 amide bonds. The smallest absolute Gasteiger partial charge is 0.267 e. The van der Waals surface area contributed by atoms with E-state index < -0.39 is 0 Å². The first-order valence-corrected chi connectivity index (χ1v) is 15.1. The van der Waals surface area contributed by atoms with E-state index in [4.69, 9.17) is 31.0 Å². The van der Waals surface area contributed by atoms with Gasteiger partial charge in [-0.1, -0.05) is 41.6 Å². The molecule has 0 saturated carbocycles. The predicted molar refractivity (Wildman–Crippen MR) is 172 cm³/mol. The van der Waals surface area contributed by atoms with Gasteiger partial charge >= 0.3 is 0 Å². The molecule has 11 nitrogen and oxygen atoms in total. The van der Waals surface area contributed by atoms with Crippen molar-refractivity contribution in [3.63, 3.8) is 0 Å². The van der Waals surface area contributed by atoms with Gasteiger partial charge in [-0.05, 0) is 43.7 Å². The summed E-state index contributed by atoms with van der Waals surface area (Å²) < 4.78 is 11.8. The van der Waals surface area contributed by atoms with Crippen molar-refractivity contribution in [2.24, 2.45) is 0 Å². The summed E-state index contributed by atoms with van der Waals surface area (Å²) in [7, 11) is 1.56. The van der Waals surface area contributed by atoms with Gasteiger partial charge in [-0.15, -0.1) is 0 Å². The molecule has 1 saturated heterocycles. The topological polar surface area (TPSA) is 122 Å². The van der Waals surface area contributed by atoms with Crippen LogP contribution >= 0.6 is 22.9 Å². The number of amides is 2. The number of aromatic nitrogens is 3. The number of carbonyl (C=O) groups excluding carboxylic acids is 2. The molecule has 1 fully saturated rings. The number of nitrogens with one attached hydrogen (secondary N) is 2. The van der Waals surface area contributed by atoms with Crippen LogP contribution in [0.15, 0.2) is 55.4 Å². The van der Waals surface area contributed by atoms with E-state index >= 15 is 0 Å². The van der Waals surface area contributed by atoms with Crippen molar-refractivity contribution >= 4 is 57.2 Å². The fourth-order valence-corrected chi connectivity index (χ4v) is 6.33. The predicted octanol–water partition coefficient (Wildman–Crippen LogP) is 5.47. The number of thiazole rings is 1. The summed E-state index contributed by atoms with van der Waals surface area (Å²) in [6, 6.07) is 9.13. The summed E-state index contributed by atoms with van der Waals surface area (Å²) in [5.41, 5.74) is 3.81. The number of benzene rings is 1. The lowest BCUT2D eigenvalue weighted by Crippen LogP contribution is -2.58. The number of pyridine rings is 2. The van der Waals surface area contributed by atoms with Crippen molar-refractivity contribution in [3.05, 3.63) is 76.4 Å². The zero-order valence-corrected chi connectivity index (χ0v) is 26.0. The molecule has 2 aliphatic rings. The Morgan fingerprint density at radius 1 is 1.18 bits per heavy atom. The lowest BCUT2D eigenvalue weighted by molar-refractivity contribution is -0.127. The molecule has 3 aromatic heterocycles. The molecule has 44 heavy (non-hydrogen) atoms. The number of ether oxygens (including phenoxy) is 2. The number of carbonyl (C=O) groups is 2. The maximum atomic E-state index is 12.9. The lowest BCUT2D eigenvalue weighted by Gasteiger charge is -2.44. The van der Waals surface area contributed by atoms with Crippen molar-refractivity contribution in [2.75, 3.05) is 48.9 Å². The quantitative estimate of drug-likeness (QED) is 0.256. The van der Waals surface area contributed by atoms with E-state index in [1.54, 1.807) is 24.3 Å². The van der Waals surface area contributed by atoms with Crippen LogP contribution in [-0.4, -0.2) is 71.1 Å². The summed E-state index contributed by atoms with van der Waals surface area (Å²) in [6.07, 6.45) is 4.64. The van der Waals surface area contributed by atoms with Crippen LogP contribution in [0, 0.1) is 13.8 Å². The fourth-order valence-electron chi connectivity index (χ4n) is 5.35. The van der Waals surface area contributed by atoms with E-state index in [9.17, 15) is 9.59 Å². The Bertz CT molecular complexity index is 1760. The van der Waals surface area contributed by atoms with Crippen molar-refractivity contribution in [2.45, 2.75) is 19.9 Å². The highest BCUT2D eigenvalue weighted by Crippen LogP contribution is 2.41. The van der Waals surface area contributed by atoms with Crippen LogP contribution < -0.4 is 25.0 Å². The fraction of sp³-hybridized carbons (Fsp3) is 0.258. The first-order chi connectivity index (χ1) is 21.3. The number of methoxy groups -OCH3 is 1. The number of aryl methyl sites for hydroxylation is 1. The van der Waals surface area contributed by atoms with Crippen molar-refractivity contribution in [3.8, 4) is 22.8 Å². The highest BCUT2D eigenvalue weighted by Gasteiger charge is 2.36. The van der Waals surface area contributed by atoms with Gasteiger partial charge in [0.1, 0.15) is 11.5 Å². The second-order valence-corrected chi connectivity index (χ2v) is 11.8. The van der Waals surface area contributed by atoms with E-state index in [0.29, 0.717) is 70.0 Å². The molecule has 226 valence electrons. The maximum Gasteiger partial charge on any atom is 0.267 e. The van der Waals surface area contributed by atoms with E-state index in [-0.39, 0.29) is 17.9 Å². The van der Waals surface area contributed by atoms with Crippen LogP contribution in [0.2, 0.25) is 5.02 Å². The van der Waals surface area contributed by atoms with Crippen LogP contribution in [0.25, 0.3) is 11.3 Å². The number of nitrogens with zero attached hydrogens (tertiary/aromatic N) is 5. The SMILES string of the molecule is C=CC(=O)N1CCN2c3ncc(-c4ccc(OC)c(Nc5ncc(C(=O)Nc6c(C)cccc6Cl)s5)n4)c(C)c3OC[C@H]2C1. The summed E-state index contributed by atoms with van der Waals surface area (Å²) in [5, 5.41) is 7.00. The third kappa shape index (κ3) is 5.53. The Kier molecular flexibility index (Phi) is 8.11. The van der Waals surface area contributed by atoms with E-state index in [2.05, 4.69) is 27.1 Å². The minimum absolute atomic E-state index is 0.0202. The number of rotatable bonds is 7. The number of piperazine rings is 1. The van der Waals surface area contributed by atoms with Gasteiger partial charge in [-0.2, -0.15) is 0 Å². The largest absolute Gasteiger partial charge is 0.493 e. The number of fused-ring (bicyclic) bond motifs is 3. The monoisotopic (exact) mass is 631 g/mol. The number of halogens is 1. The summed E-state index contributed by atoms with van der Waals surface area (Å²) in [6.45, 7) is 9.72. The molecule has 0 spiro atoms. The average Bonchev–Trinajstić information content (AvgIpc) is 3.51. The molecule has 13 heteroatoms. The van der Waals surface area contributed by atoms with Gasteiger partial charge in [0, 0.05) is 37.0 Å². The third-order valence-corrected chi connectivity index (χ3v) is 8.92. The molecule has 6 rings (SSSR count).